The van der Waals surface area contributed by atoms with Crippen LogP contribution in [0.4, 0.5) is 0 Å². The Morgan fingerprint density at radius 1 is 1.38 bits per heavy atom. The zero-order valence-corrected chi connectivity index (χ0v) is 13.6. The zero-order valence-electron chi connectivity index (χ0n) is 13.6. The van der Waals surface area contributed by atoms with E-state index in [1.807, 2.05) is 25.7 Å². The number of carbonyl (C=O) groups is 2. The van der Waals surface area contributed by atoms with Crippen molar-refractivity contribution in [2.24, 2.45) is 5.92 Å². The van der Waals surface area contributed by atoms with Crippen LogP contribution in [0.1, 0.15) is 52.9 Å². The summed E-state index contributed by atoms with van der Waals surface area (Å²) >= 11 is 0. The molecule has 1 heterocycles. The largest absolute Gasteiger partial charge is 0.381 e. The summed E-state index contributed by atoms with van der Waals surface area (Å²) in [7, 11) is 1.73. The molecule has 0 aromatic heterocycles. The van der Waals surface area contributed by atoms with Gasteiger partial charge in [0.2, 0.25) is 11.8 Å². The van der Waals surface area contributed by atoms with Crippen molar-refractivity contribution in [3.05, 3.63) is 0 Å². The Morgan fingerprint density at radius 2 is 2.10 bits per heavy atom. The molecule has 0 spiro atoms. The molecule has 2 fully saturated rings. The molecule has 5 unspecified atom stereocenters. The molecule has 0 radical (unpaired) electrons. The highest BCUT2D eigenvalue weighted by molar-refractivity contribution is 5.97. The summed E-state index contributed by atoms with van der Waals surface area (Å²) in [6.07, 6.45) is 4.99. The maximum absolute atomic E-state index is 12.8. The first kappa shape index (κ1) is 16.3. The summed E-state index contributed by atoms with van der Waals surface area (Å²) < 4.78 is 5.47. The highest BCUT2D eigenvalue weighted by Crippen LogP contribution is 2.29. The second-order valence-electron chi connectivity index (χ2n) is 6.47. The van der Waals surface area contributed by atoms with E-state index < -0.39 is 0 Å². The van der Waals surface area contributed by atoms with Gasteiger partial charge in [0.15, 0.2) is 0 Å². The van der Waals surface area contributed by atoms with Crippen LogP contribution >= 0.6 is 0 Å². The van der Waals surface area contributed by atoms with Crippen LogP contribution < -0.4 is 5.32 Å². The Bertz CT molecular complexity index is 399. The Labute approximate surface area is 127 Å². The van der Waals surface area contributed by atoms with E-state index in [1.165, 1.54) is 0 Å². The van der Waals surface area contributed by atoms with Crippen LogP contribution in [-0.2, 0) is 14.3 Å². The molecule has 0 aromatic rings. The van der Waals surface area contributed by atoms with E-state index in [4.69, 9.17) is 4.74 Å². The van der Waals surface area contributed by atoms with Crippen molar-refractivity contribution in [3.8, 4) is 0 Å². The SMILES string of the molecule is CCC(C)C1NC(=O)C(C)N(C2CCCC(OC)C2)C1=O. The van der Waals surface area contributed by atoms with Crippen molar-refractivity contribution >= 4 is 11.8 Å². The highest BCUT2D eigenvalue weighted by Gasteiger charge is 2.44. The molecule has 1 N–H and O–H groups in total. The van der Waals surface area contributed by atoms with Crippen LogP contribution in [0.25, 0.3) is 0 Å². The molecule has 21 heavy (non-hydrogen) atoms. The number of rotatable bonds is 4. The fourth-order valence-electron chi connectivity index (χ4n) is 3.52. The van der Waals surface area contributed by atoms with Crippen molar-refractivity contribution in [2.75, 3.05) is 7.11 Å². The molecule has 1 saturated carbocycles. The molecule has 5 heteroatoms. The Morgan fingerprint density at radius 3 is 2.71 bits per heavy atom. The molecule has 1 saturated heterocycles. The fourth-order valence-corrected chi connectivity index (χ4v) is 3.52. The van der Waals surface area contributed by atoms with Gasteiger partial charge in [-0.25, -0.2) is 0 Å². The number of methoxy groups -OCH3 is 1. The number of hydrogen-bond acceptors (Lipinski definition) is 3. The van der Waals surface area contributed by atoms with E-state index in [1.54, 1.807) is 7.11 Å². The normalized spacial score (nSPS) is 35.5. The Hall–Kier alpha value is -1.10. The van der Waals surface area contributed by atoms with Gasteiger partial charge in [0, 0.05) is 13.2 Å². The van der Waals surface area contributed by atoms with Crippen LogP contribution in [0.15, 0.2) is 0 Å². The van der Waals surface area contributed by atoms with Gasteiger partial charge >= 0.3 is 0 Å². The maximum Gasteiger partial charge on any atom is 0.246 e. The van der Waals surface area contributed by atoms with E-state index in [0.717, 1.165) is 32.1 Å². The monoisotopic (exact) mass is 296 g/mol. The second-order valence-corrected chi connectivity index (χ2v) is 6.47. The minimum atomic E-state index is -0.376. The second kappa shape index (κ2) is 6.77. The predicted octanol–water partition coefficient (Wildman–Crippen LogP) is 1.71. The van der Waals surface area contributed by atoms with Crippen molar-refractivity contribution < 1.29 is 14.3 Å². The first-order chi connectivity index (χ1) is 9.99. The van der Waals surface area contributed by atoms with E-state index >= 15 is 0 Å². The van der Waals surface area contributed by atoms with Crippen LogP contribution in [0.3, 0.4) is 0 Å². The molecular weight excluding hydrogens is 268 g/mol. The van der Waals surface area contributed by atoms with E-state index in [2.05, 4.69) is 5.32 Å². The molecule has 2 aliphatic rings. The van der Waals surface area contributed by atoms with E-state index in [0.29, 0.717) is 0 Å². The number of carbonyl (C=O) groups excluding carboxylic acids is 2. The summed E-state index contributed by atoms with van der Waals surface area (Å²) in [5.74, 6) is 0.218. The lowest BCUT2D eigenvalue weighted by atomic mass is 9.87. The number of piperazine rings is 1. The van der Waals surface area contributed by atoms with Gasteiger partial charge in [-0.1, -0.05) is 20.3 Å². The first-order valence-corrected chi connectivity index (χ1v) is 8.14. The zero-order chi connectivity index (χ0) is 15.6. The van der Waals surface area contributed by atoms with Crippen molar-refractivity contribution in [1.29, 1.82) is 0 Å². The number of nitrogens with one attached hydrogen (secondary N) is 1. The third kappa shape index (κ3) is 3.23. The molecule has 5 atom stereocenters. The highest BCUT2D eigenvalue weighted by atomic mass is 16.5. The van der Waals surface area contributed by atoms with Crippen molar-refractivity contribution in [2.45, 2.75) is 77.1 Å². The van der Waals surface area contributed by atoms with Gasteiger partial charge in [-0.2, -0.15) is 0 Å². The van der Waals surface area contributed by atoms with Gasteiger partial charge in [-0.3, -0.25) is 9.59 Å². The number of ether oxygens (including phenoxy) is 1. The van der Waals surface area contributed by atoms with Crippen LogP contribution in [0, 0.1) is 5.92 Å². The molecule has 0 aromatic carbocycles. The lowest BCUT2D eigenvalue weighted by Gasteiger charge is -2.45. The van der Waals surface area contributed by atoms with Gasteiger partial charge in [0.25, 0.3) is 0 Å². The molecule has 120 valence electrons. The van der Waals surface area contributed by atoms with Gasteiger partial charge in [-0.15, -0.1) is 0 Å². The first-order valence-electron chi connectivity index (χ1n) is 8.14. The molecular formula is C16H28N2O3. The summed E-state index contributed by atoms with van der Waals surface area (Å²) in [6.45, 7) is 5.90. The lowest BCUT2D eigenvalue weighted by Crippen LogP contribution is -2.66. The molecule has 1 aliphatic carbocycles. The van der Waals surface area contributed by atoms with Gasteiger partial charge in [-0.05, 0) is 38.5 Å². The van der Waals surface area contributed by atoms with Gasteiger partial charge < -0.3 is 15.0 Å². The van der Waals surface area contributed by atoms with Crippen molar-refractivity contribution in [3.63, 3.8) is 0 Å². The average Bonchev–Trinajstić information content (AvgIpc) is 2.50. The Balaban J connectivity index is 2.18. The van der Waals surface area contributed by atoms with E-state index in [-0.39, 0.29) is 42.0 Å². The number of hydrogen-bond donors (Lipinski definition) is 1. The van der Waals surface area contributed by atoms with Gasteiger partial charge in [0.1, 0.15) is 12.1 Å². The minimum Gasteiger partial charge on any atom is -0.381 e. The minimum absolute atomic E-state index is 0.0283. The quantitative estimate of drug-likeness (QED) is 0.859. The van der Waals surface area contributed by atoms with Crippen LogP contribution in [0.5, 0.6) is 0 Å². The third-order valence-corrected chi connectivity index (χ3v) is 5.15. The number of amides is 2. The third-order valence-electron chi connectivity index (χ3n) is 5.15. The molecule has 2 rings (SSSR count). The summed E-state index contributed by atoms with van der Waals surface area (Å²) in [5, 5.41) is 2.90. The van der Waals surface area contributed by atoms with Crippen LogP contribution in [0.2, 0.25) is 0 Å². The van der Waals surface area contributed by atoms with E-state index in [9.17, 15) is 9.59 Å². The smallest absolute Gasteiger partial charge is 0.246 e. The summed E-state index contributed by atoms with van der Waals surface area (Å²) in [6, 6.07) is -0.621. The van der Waals surface area contributed by atoms with Gasteiger partial charge in [0.05, 0.1) is 6.10 Å². The van der Waals surface area contributed by atoms with Crippen molar-refractivity contribution in [1.82, 2.24) is 10.2 Å². The van der Waals surface area contributed by atoms with Crippen LogP contribution in [-0.4, -0.2) is 48.1 Å². The molecule has 5 nitrogen and oxygen atoms in total. The summed E-state index contributed by atoms with van der Waals surface area (Å²) in [4.78, 5) is 26.9. The fraction of sp³-hybridized carbons (Fsp3) is 0.875. The number of nitrogens with zero attached hydrogens (tertiary/aromatic N) is 1. The predicted molar refractivity (Wildman–Crippen MR) is 80.7 cm³/mol. The molecule has 0 bridgehead atoms. The summed E-state index contributed by atoms with van der Waals surface area (Å²) in [5.41, 5.74) is 0. The maximum atomic E-state index is 12.8. The standard InChI is InChI=1S/C16H28N2O3/c1-5-10(2)14-16(20)18(11(3)15(19)17-14)12-7-6-8-13(9-12)21-4/h10-14H,5-9H2,1-4H3,(H,17,19). The average molecular weight is 296 g/mol. The molecule has 2 amide bonds. The molecule has 1 aliphatic heterocycles. The lowest BCUT2D eigenvalue weighted by molar-refractivity contribution is -0.154. The Kier molecular flexibility index (Phi) is 5.25. The topological polar surface area (TPSA) is 58.6 Å².